The average Bonchev–Trinajstić information content (AvgIpc) is 1.58. The van der Waals surface area contributed by atoms with Crippen molar-refractivity contribution in [3.63, 3.8) is 0 Å². The summed E-state index contributed by atoms with van der Waals surface area (Å²) in [6.07, 6.45) is 20.3. The average molecular weight is 1790 g/mol. The van der Waals surface area contributed by atoms with Gasteiger partial charge in [0.15, 0.2) is 28.9 Å². The number of para-hydroxylation sites is 1. The second-order valence-electron chi connectivity index (χ2n) is 31.4. The molecule has 2 saturated heterocycles. The maximum absolute atomic E-state index is 12.8. The van der Waals surface area contributed by atoms with Crippen LogP contribution in [0.4, 0.5) is 52.1 Å². The van der Waals surface area contributed by atoms with Crippen LogP contribution in [0, 0.1) is 6.92 Å². The maximum atomic E-state index is 12.8. The maximum Gasteiger partial charge on any atom is 0.293 e. The van der Waals surface area contributed by atoms with Crippen molar-refractivity contribution in [2.45, 2.75) is 83.7 Å². The van der Waals surface area contributed by atoms with Crippen LogP contribution in [0.15, 0.2) is 263 Å². The molecule has 2 atom stereocenters. The predicted octanol–water partition coefficient (Wildman–Crippen LogP) is 17.9. The Morgan fingerprint density at radius 1 is 0.597 bits per heavy atom. The fourth-order valence-corrected chi connectivity index (χ4v) is 15.3. The third-order valence-electron chi connectivity index (χ3n) is 21.0. The first kappa shape index (κ1) is 91.6. The fourth-order valence-electron chi connectivity index (χ4n) is 14.6. The number of benzene rings is 7. The van der Waals surface area contributed by atoms with E-state index in [4.69, 9.17) is 55.7 Å². The molecule has 2 aliphatic heterocycles. The Hall–Kier alpha value is -15.1. The van der Waals surface area contributed by atoms with Gasteiger partial charge < -0.3 is 61.9 Å². The number of nitrogens with one attached hydrogen (secondary N) is 5. The van der Waals surface area contributed by atoms with Crippen LogP contribution in [0.5, 0.6) is 23.0 Å². The second-order valence-corrected chi connectivity index (χ2v) is 32.6. The number of carbonyl (C=O) groups excluding carboxylic acids is 5. The highest BCUT2D eigenvalue weighted by Gasteiger charge is 2.33. The zero-order valence-corrected chi connectivity index (χ0v) is 74.0. The Labute approximate surface area is 759 Å². The number of fused-ring (bicyclic) bond motifs is 2. The fraction of sp³-hybridized carbons (Fsp3) is 0.198. The van der Waals surface area contributed by atoms with Gasteiger partial charge in [0.25, 0.3) is 11.5 Å². The number of amides is 4. The molecular formula is C96H95Cl3N22O8. The van der Waals surface area contributed by atoms with E-state index in [1.807, 2.05) is 141 Å². The molecule has 4 amide bonds. The molecule has 658 valence electrons. The Balaban J connectivity index is 0.000000147. The smallest absolute Gasteiger partial charge is 0.293 e. The summed E-state index contributed by atoms with van der Waals surface area (Å²) < 4.78 is 18.5. The van der Waals surface area contributed by atoms with Crippen molar-refractivity contribution in [1.82, 2.24) is 73.4 Å². The van der Waals surface area contributed by atoms with Crippen LogP contribution in [0.25, 0.3) is 38.8 Å². The molecule has 9 heterocycles. The van der Waals surface area contributed by atoms with Crippen molar-refractivity contribution in [2.24, 2.45) is 14.1 Å². The summed E-state index contributed by atoms with van der Waals surface area (Å²) in [7, 11) is 3.43. The first-order valence-electron chi connectivity index (χ1n) is 41.1. The van der Waals surface area contributed by atoms with Gasteiger partial charge in [-0.15, -0.1) is 0 Å². The summed E-state index contributed by atoms with van der Waals surface area (Å²) in [6, 6.07) is 50.4. The van der Waals surface area contributed by atoms with Crippen LogP contribution in [0.3, 0.4) is 0 Å². The van der Waals surface area contributed by atoms with Crippen molar-refractivity contribution in [2.75, 3.05) is 64.2 Å². The zero-order valence-electron chi connectivity index (χ0n) is 71.8. The van der Waals surface area contributed by atoms with Gasteiger partial charge in [-0.2, -0.15) is 20.3 Å². The lowest BCUT2D eigenvalue weighted by atomic mass is 9.86. The number of likely N-dealkylation sites (tertiary alicyclic amines) is 2. The van der Waals surface area contributed by atoms with Crippen molar-refractivity contribution in [1.29, 1.82) is 0 Å². The molecule has 7 aromatic heterocycles. The Kier molecular flexibility index (Phi) is 29.6. The molecule has 0 spiro atoms. The molecule has 30 nitrogen and oxygen atoms in total. The lowest BCUT2D eigenvalue weighted by Crippen LogP contribution is -2.44. The molecule has 33 heteroatoms. The molecule has 9 N–H and O–H groups in total. The number of nitrogen functional groups attached to an aromatic ring is 2. The van der Waals surface area contributed by atoms with Gasteiger partial charge in [0.2, 0.25) is 23.7 Å². The predicted molar refractivity (Wildman–Crippen MR) is 507 cm³/mol. The molecule has 129 heavy (non-hydrogen) atoms. The number of piperidine rings is 2. The zero-order chi connectivity index (χ0) is 91.6. The normalized spacial score (nSPS) is 13.5. The minimum absolute atomic E-state index is 0.0148. The van der Waals surface area contributed by atoms with Crippen molar-refractivity contribution < 1.29 is 33.4 Å². The molecule has 2 fully saturated rings. The number of halogens is 3. The Bertz CT molecular complexity index is 6590. The number of nitrogens with two attached hydrogens (primary N) is 2. The van der Waals surface area contributed by atoms with Crippen LogP contribution >= 0.6 is 34.8 Å². The first-order valence-corrected chi connectivity index (χ1v) is 42.3. The molecule has 0 radical (unpaired) electrons. The first-order chi connectivity index (χ1) is 62.1. The number of anilines is 9. The van der Waals surface area contributed by atoms with Gasteiger partial charge in [-0.3, -0.25) is 33.4 Å². The molecule has 2 aliphatic rings. The monoisotopic (exact) mass is 1790 g/mol. The standard InChI is InChI=1S/C27H24Cl3N5O2.C26H28N4O3.C24H25N5O2.C19H18N8O/c1-3-22(36)34-10-4-5-17(13-34)25-24(30)23(26-27(31)32-14-33-35(25)26)16-6-9-21(15(2)11-16)37-18-7-8-19(28)20(29)12-18;1-6-21(31)14-17-9-7-12-20(13-17)27-23-25(33)30(5)16-22(28-23)29-24(32)18-10-8-11-19(15-18)26(2,3)4;1-2-21(30)29-14-6-7-18(15-29)28-24-22(23(25)26-16-27-24)17-10-12-20(13-11-17)31-19-8-4-3-5-9-19;1-3-17(28)23-15-6-4-5-13(7-15)11-27-18-14(9-22-27)8-20-19(25-18)24-16-10-21-26(2)12-16/h3,6-9,11-12,14,17H,1,4-5,10,13H2,2H3,(H2,31,32,33);6-13,15-16H,1,14H2,2-5H3,(H,27,28)(H,29,32);2-5,8-13,16,18H,1,6-7,14-15H2,(H3,25,26,27,28);3-10,12H,1,11H2,2H3,(H,23,28)(H,20,24,25)/t;;18-;/m..1./s1. The molecule has 0 bridgehead atoms. The number of rotatable bonds is 24. The highest BCUT2D eigenvalue weighted by atomic mass is 35.5. The summed E-state index contributed by atoms with van der Waals surface area (Å²) in [5.41, 5.74) is 23.8. The number of allylic oxidation sites excluding steroid dienone is 1. The summed E-state index contributed by atoms with van der Waals surface area (Å²) in [5.74, 6) is 4.06. The summed E-state index contributed by atoms with van der Waals surface area (Å²) in [6.45, 7) is 25.4. The van der Waals surface area contributed by atoms with E-state index >= 15 is 0 Å². The summed E-state index contributed by atoms with van der Waals surface area (Å²) in [4.78, 5) is 103. The summed E-state index contributed by atoms with van der Waals surface area (Å²) >= 11 is 19.2. The molecule has 16 rings (SSSR count). The number of aromatic nitrogens is 13. The van der Waals surface area contributed by atoms with Gasteiger partial charge >= 0.3 is 0 Å². The van der Waals surface area contributed by atoms with E-state index in [2.05, 4.69) is 119 Å². The van der Waals surface area contributed by atoms with Gasteiger partial charge in [-0.05, 0) is 181 Å². The second kappa shape index (κ2) is 41.8. The quantitative estimate of drug-likeness (QED) is 0.0276. The largest absolute Gasteiger partial charge is 0.457 e. The SMILES string of the molecule is C=CC(=O)Cc1cccc(Nc2nc(NC(=O)c3cccc(C(C)(C)C)c3)cn(C)c2=O)c1.C=CC(=O)N1CCCC(c2c(Cl)c(-c3ccc(Oc4ccc(Cl)c(Cl)c4)c(C)c3)c3c(N)ncnn23)C1.C=CC(=O)N1CCC[C@@H](Nc2ncnc(N)c2-c2ccc(Oc3ccccc3)cc2)C1.C=CC(=O)Nc1cccc(Cn2ncc3cnc(Nc4cnn(C)c4)nc32)c1. The highest BCUT2D eigenvalue weighted by molar-refractivity contribution is 6.42. The number of nitrogens with zero attached hydrogens (tertiary/aromatic N) is 15. The number of ketones is 1. The van der Waals surface area contributed by atoms with Crippen molar-refractivity contribution in [3.05, 3.63) is 317 Å². The van der Waals surface area contributed by atoms with Crippen LogP contribution < -0.4 is 53.1 Å². The highest BCUT2D eigenvalue weighted by Crippen LogP contribution is 2.45. The number of ether oxygens (including phenoxy) is 2. The minimum Gasteiger partial charge on any atom is -0.457 e. The summed E-state index contributed by atoms with van der Waals surface area (Å²) in [5, 5.41) is 30.4. The van der Waals surface area contributed by atoms with Crippen LogP contribution in [-0.4, -0.2) is 135 Å². The molecule has 14 aromatic rings. The van der Waals surface area contributed by atoms with Crippen LogP contribution in [-0.2, 0) is 51.7 Å². The number of hydrogen-bond acceptors (Lipinski definition) is 22. The topological polar surface area (TPSA) is 375 Å². The molecule has 0 aliphatic carbocycles. The van der Waals surface area contributed by atoms with Crippen molar-refractivity contribution in [3.8, 4) is 45.3 Å². The molecule has 0 saturated carbocycles. The van der Waals surface area contributed by atoms with Gasteiger partial charge in [-0.1, -0.05) is 155 Å². The molecule has 7 aromatic carbocycles. The number of aryl methyl sites for hydroxylation is 3. The van der Waals surface area contributed by atoms with E-state index < -0.39 is 0 Å². The Morgan fingerprint density at radius 3 is 2.01 bits per heavy atom. The van der Waals surface area contributed by atoms with Crippen LogP contribution in [0.1, 0.15) is 90.7 Å². The van der Waals surface area contributed by atoms with E-state index in [0.717, 1.165) is 105 Å². The third kappa shape index (κ3) is 23.3. The number of carbonyl (C=O) groups is 5. The Morgan fingerprint density at radius 2 is 1.29 bits per heavy atom. The molecule has 1 unspecified atom stereocenters. The van der Waals surface area contributed by atoms with Crippen LogP contribution in [0.2, 0.25) is 15.1 Å². The van der Waals surface area contributed by atoms with E-state index in [-0.39, 0.29) is 70.4 Å². The van der Waals surface area contributed by atoms with E-state index in [1.54, 1.807) is 91.8 Å². The van der Waals surface area contributed by atoms with Crippen molar-refractivity contribution >= 4 is 133 Å². The van der Waals surface area contributed by atoms with Gasteiger partial charge in [0.05, 0.1) is 56.3 Å². The van der Waals surface area contributed by atoms with E-state index in [1.165, 1.54) is 47.7 Å². The van der Waals surface area contributed by atoms with Gasteiger partial charge in [0.1, 0.15) is 52.8 Å². The minimum atomic E-state index is -0.352. The van der Waals surface area contributed by atoms with Gasteiger partial charge in [-0.25, -0.2) is 34.1 Å². The van der Waals surface area contributed by atoms with E-state index in [0.29, 0.717) is 104 Å². The van der Waals surface area contributed by atoms with E-state index in [9.17, 15) is 28.8 Å². The third-order valence-corrected chi connectivity index (χ3v) is 22.1. The number of hydrogen-bond donors (Lipinski definition) is 7. The lowest BCUT2D eigenvalue weighted by molar-refractivity contribution is -0.127. The molecular weight excluding hydrogens is 1700 g/mol. The van der Waals surface area contributed by atoms with Gasteiger partial charge in [0, 0.05) is 106 Å². The lowest BCUT2D eigenvalue weighted by Gasteiger charge is -2.33.